The highest BCUT2D eigenvalue weighted by atomic mass is 16.2. The summed E-state index contributed by atoms with van der Waals surface area (Å²) in [7, 11) is 0. The number of hydrogen-bond donors (Lipinski definition) is 1. The van der Waals surface area contributed by atoms with Gasteiger partial charge >= 0.3 is 0 Å². The first-order chi connectivity index (χ1) is 8.72. The third kappa shape index (κ3) is 1.73. The Bertz CT molecular complexity index is 508. The Balaban J connectivity index is 1.97. The monoisotopic (exact) mass is 244 g/mol. The van der Waals surface area contributed by atoms with Gasteiger partial charge in [-0.15, -0.1) is 0 Å². The van der Waals surface area contributed by atoms with Crippen LogP contribution in [0, 0.1) is 5.92 Å². The first-order valence-corrected chi connectivity index (χ1v) is 6.36. The average Bonchev–Trinajstić information content (AvgIpc) is 3.18. The highest BCUT2D eigenvalue weighted by Crippen LogP contribution is 2.36. The fourth-order valence-electron chi connectivity index (χ4n) is 2.70. The minimum atomic E-state index is -0.177. The van der Waals surface area contributed by atoms with Crippen molar-refractivity contribution in [2.75, 3.05) is 6.54 Å². The van der Waals surface area contributed by atoms with Crippen LogP contribution >= 0.6 is 0 Å². The van der Waals surface area contributed by atoms with E-state index in [1.54, 1.807) is 6.07 Å². The van der Waals surface area contributed by atoms with Crippen LogP contribution in [0.25, 0.3) is 0 Å². The molecule has 1 atom stereocenters. The van der Waals surface area contributed by atoms with Crippen molar-refractivity contribution >= 4 is 11.8 Å². The molecular formula is C14H16N2O2. The fraction of sp³-hybridized carbons (Fsp3) is 0.429. The third-order valence-electron chi connectivity index (χ3n) is 3.82. The molecule has 2 aliphatic rings. The molecule has 1 saturated carbocycles. The molecule has 1 heterocycles. The van der Waals surface area contributed by atoms with Crippen molar-refractivity contribution in [2.24, 2.45) is 11.7 Å². The largest absolute Gasteiger partial charge is 0.328 e. The van der Waals surface area contributed by atoms with E-state index in [0.717, 1.165) is 18.4 Å². The lowest BCUT2D eigenvalue weighted by Crippen LogP contribution is -2.52. The molecule has 0 spiro atoms. The van der Waals surface area contributed by atoms with Gasteiger partial charge in [0, 0.05) is 12.1 Å². The zero-order valence-electron chi connectivity index (χ0n) is 10.1. The van der Waals surface area contributed by atoms with Gasteiger partial charge in [-0.1, -0.05) is 18.2 Å². The van der Waals surface area contributed by atoms with E-state index in [0.29, 0.717) is 24.4 Å². The number of nitrogens with zero attached hydrogens (tertiary/aromatic N) is 1. The van der Waals surface area contributed by atoms with E-state index >= 15 is 0 Å². The van der Waals surface area contributed by atoms with E-state index in [1.165, 1.54) is 4.90 Å². The molecule has 0 radical (unpaired) electrons. The van der Waals surface area contributed by atoms with E-state index < -0.39 is 0 Å². The first kappa shape index (κ1) is 11.4. The number of imide groups is 1. The summed E-state index contributed by atoms with van der Waals surface area (Å²) in [4.78, 5) is 26.0. The molecule has 4 nitrogen and oxygen atoms in total. The van der Waals surface area contributed by atoms with Crippen LogP contribution in [0.2, 0.25) is 0 Å². The highest BCUT2D eigenvalue weighted by Gasteiger charge is 2.42. The zero-order chi connectivity index (χ0) is 12.7. The smallest absolute Gasteiger partial charge is 0.261 e. The van der Waals surface area contributed by atoms with Gasteiger partial charge in [-0.05, 0) is 30.4 Å². The van der Waals surface area contributed by atoms with Gasteiger partial charge in [-0.25, -0.2) is 0 Å². The summed E-state index contributed by atoms with van der Waals surface area (Å²) in [5, 5.41) is 0. The second kappa shape index (κ2) is 4.21. The molecule has 1 aromatic carbocycles. The van der Waals surface area contributed by atoms with Crippen LogP contribution < -0.4 is 5.73 Å². The Morgan fingerprint density at radius 1 is 1.28 bits per heavy atom. The molecule has 1 aliphatic heterocycles. The number of amides is 2. The minimum Gasteiger partial charge on any atom is -0.328 e. The molecule has 1 aromatic rings. The van der Waals surface area contributed by atoms with Crippen LogP contribution in [0.4, 0.5) is 0 Å². The van der Waals surface area contributed by atoms with Crippen molar-refractivity contribution in [3.63, 3.8) is 0 Å². The first-order valence-electron chi connectivity index (χ1n) is 6.36. The van der Waals surface area contributed by atoms with Crippen molar-refractivity contribution in [1.82, 2.24) is 4.90 Å². The zero-order valence-corrected chi connectivity index (χ0v) is 10.1. The van der Waals surface area contributed by atoms with Gasteiger partial charge in [0.15, 0.2) is 0 Å². The van der Waals surface area contributed by atoms with E-state index in [9.17, 15) is 9.59 Å². The van der Waals surface area contributed by atoms with Crippen LogP contribution in [-0.4, -0.2) is 29.3 Å². The number of carbonyl (C=O) groups is 2. The molecule has 18 heavy (non-hydrogen) atoms. The second-order valence-electron chi connectivity index (χ2n) is 5.04. The number of fused-ring (bicyclic) bond motifs is 1. The van der Waals surface area contributed by atoms with Crippen LogP contribution in [0.1, 0.15) is 28.8 Å². The van der Waals surface area contributed by atoms with Gasteiger partial charge in [-0.2, -0.15) is 0 Å². The maximum atomic E-state index is 12.4. The lowest BCUT2D eigenvalue weighted by molar-refractivity contribution is -0.130. The molecule has 94 valence electrons. The predicted octanol–water partition coefficient (Wildman–Crippen LogP) is 0.949. The van der Waals surface area contributed by atoms with Crippen LogP contribution in [0.5, 0.6) is 0 Å². The number of hydrogen-bond acceptors (Lipinski definition) is 3. The number of carbonyl (C=O) groups excluding carboxylic acids is 2. The Kier molecular flexibility index (Phi) is 2.67. The molecule has 0 saturated heterocycles. The molecule has 1 fully saturated rings. The second-order valence-corrected chi connectivity index (χ2v) is 5.04. The van der Waals surface area contributed by atoms with Crippen molar-refractivity contribution in [1.29, 1.82) is 0 Å². The SMILES string of the molecule is NCC(C1CC1)N1C(=O)Cc2ccccc2C1=O. The van der Waals surface area contributed by atoms with Gasteiger partial charge in [0.2, 0.25) is 5.91 Å². The Morgan fingerprint density at radius 3 is 2.67 bits per heavy atom. The van der Waals surface area contributed by atoms with Gasteiger partial charge in [0.1, 0.15) is 0 Å². The van der Waals surface area contributed by atoms with E-state index in [4.69, 9.17) is 5.73 Å². The highest BCUT2D eigenvalue weighted by molar-refractivity contribution is 6.10. The van der Waals surface area contributed by atoms with Gasteiger partial charge in [0.05, 0.1) is 12.5 Å². The molecule has 0 bridgehead atoms. The van der Waals surface area contributed by atoms with Crippen molar-refractivity contribution in [2.45, 2.75) is 25.3 Å². The molecule has 1 aliphatic carbocycles. The quantitative estimate of drug-likeness (QED) is 0.805. The summed E-state index contributed by atoms with van der Waals surface area (Å²) in [6.07, 6.45) is 2.45. The maximum absolute atomic E-state index is 12.4. The summed E-state index contributed by atoms with van der Waals surface area (Å²) in [5.41, 5.74) is 7.22. The van der Waals surface area contributed by atoms with E-state index in [2.05, 4.69) is 0 Å². The topological polar surface area (TPSA) is 63.4 Å². The van der Waals surface area contributed by atoms with Crippen molar-refractivity contribution in [3.05, 3.63) is 35.4 Å². The summed E-state index contributed by atoms with van der Waals surface area (Å²) in [6.45, 7) is 0.365. The van der Waals surface area contributed by atoms with Gasteiger partial charge in [0.25, 0.3) is 5.91 Å². The standard InChI is InChI=1S/C14H16N2O2/c15-8-12(9-5-6-9)16-13(17)7-10-3-1-2-4-11(10)14(16)18/h1-4,9,12H,5-8,15H2. The van der Waals surface area contributed by atoms with Crippen molar-refractivity contribution in [3.8, 4) is 0 Å². The Morgan fingerprint density at radius 2 is 2.00 bits per heavy atom. The van der Waals surface area contributed by atoms with Crippen LogP contribution in [0.3, 0.4) is 0 Å². The molecular weight excluding hydrogens is 228 g/mol. The van der Waals surface area contributed by atoms with Crippen molar-refractivity contribution < 1.29 is 9.59 Å². The minimum absolute atomic E-state index is 0.110. The summed E-state index contributed by atoms with van der Waals surface area (Å²) in [6, 6.07) is 7.21. The van der Waals surface area contributed by atoms with E-state index in [-0.39, 0.29) is 17.9 Å². The number of benzene rings is 1. The normalized spacial score (nSPS) is 20.8. The van der Waals surface area contributed by atoms with Crippen LogP contribution in [-0.2, 0) is 11.2 Å². The maximum Gasteiger partial charge on any atom is 0.261 e. The fourth-order valence-corrected chi connectivity index (χ4v) is 2.70. The predicted molar refractivity (Wildman–Crippen MR) is 66.9 cm³/mol. The number of nitrogens with two attached hydrogens (primary N) is 1. The van der Waals surface area contributed by atoms with Gasteiger partial charge < -0.3 is 5.73 Å². The summed E-state index contributed by atoms with van der Waals surface area (Å²) >= 11 is 0. The molecule has 4 heteroatoms. The third-order valence-corrected chi connectivity index (χ3v) is 3.82. The number of rotatable bonds is 3. The van der Waals surface area contributed by atoms with E-state index in [1.807, 2.05) is 18.2 Å². The molecule has 2 amide bonds. The summed E-state index contributed by atoms with van der Waals surface area (Å²) in [5.74, 6) is 0.124. The molecule has 2 N–H and O–H groups in total. The average molecular weight is 244 g/mol. The Hall–Kier alpha value is -1.68. The Labute approximate surface area is 106 Å². The van der Waals surface area contributed by atoms with Gasteiger partial charge in [-0.3, -0.25) is 14.5 Å². The lowest BCUT2D eigenvalue weighted by atomic mass is 9.96. The molecule has 1 unspecified atom stereocenters. The molecule has 0 aromatic heterocycles. The molecule has 3 rings (SSSR count). The summed E-state index contributed by atoms with van der Waals surface area (Å²) < 4.78 is 0. The lowest BCUT2D eigenvalue weighted by Gasteiger charge is -2.33. The van der Waals surface area contributed by atoms with Crippen LogP contribution in [0.15, 0.2) is 24.3 Å².